The number of hydrogen-bond acceptors (Lipinski definition) is 4. The quantitative estimate of drug-likeness (QED) is 0.658. The summed E-state index contributed by atoms with van der Waals surface area (Å²) < 4.78 is 5.79. The van der Waals surface area contributed by atoms with Crippen LogP contribution in [-0.2, 0) is 14.3 Å². The molecule has 0 spiro atoms. The van der Waals surface area contributed by atoms with Crippen molar-refractivity contribution in [1.82, 2.24) is 10.6 Å². The van der Waals surface area contributed by atoms with E-state index in [0.29, 0.717) is 11.5 Å². The number of ether oxygens (including phenoxy) is 1. The molecule has 1 aromatic carbocycles. The molecule has 2 amide bonds. The molecule has 1 aromatic rings. The summed E-state index contributed by atoms with van der Waals surface area (Å²) in [6.07, 6.45) is 2.30. The maximum absolute atomic E-state index is 11.9. The van der Waals surface area contributed by atoms with Crippen molar-refractivity contribution in [3.8, 4) is 0 Å². The molecule has 0 aliphatic heterocycles. The Kier molecular flexibility index (Phi) is 6.78. The van der Waals surface area contributed by atoms with E-state index in [4.69, 9.17) is 4.74 Å². The molecule has 7 heteroatoms. The number of amides is 2. The minimum Gasteiger partial charge on any atom is -0.456 e. The maximum atomic E-state index is 11.9. The summed E-state index contributed by atoms with van der Waals surface area (Å²) in [5.41, 5.74) is 0.514. The van der Waals surface area contributed by atoms with Crippen LogP contribution < -0.4 is 10.6 Å². The van der Waals surface area contributed by atoms with Crippen LogP contribution in [0.3, 0.4) is 0 Å². The molecule has 0 unspecified atom stereocenters. The summed E-state index contributed by atoms with van der Waals surface area (Å²) in [5.74, 6) is -0.508. The van der Waals surface area contributed by atoms with Crippen molar-refractivity contribution in [3.05, 3.63) is 34.3 Å². The number of hydrogen-bond donors (Lipinski definition) is 2. The third-order valence-corrected chi connectivity index (χ3v) is 4.33. The second-order valence-corrected chi connectivity index (χ2v) is 6.78. The first-order valence-corrected chi connectivity index (χ1v) is 8.74. The Morgan fingerprint density at radius 2 is 1.92 bits per heavy atom. The van der Waals surface area contributed by atoms with Crippen LogP contribution in [0.2, 0.25) is 0 Å². The SMILES string of the molecule is C[C@@H](NC(=O)COC(=O)CCNC(=O)c1ccc(Br)cc1)C1CC1. The Labute approximate surface area is 149 Å². The van der Waals surface area contributed by atoms with E-state index in [1.54, 1.807) is 24.3 Å². The van der Waals surface area contributed by atoms with Crippen LogP contribution in [0, 0.1) is 5.92 Å². The van der Waals surface area contributed by atoms with E-state index in [9.17, 15) is 14.4 Å². The van der Waals surface area contributed by atoms with Gasteiger partial charge in [-0.1, -0.05) is 15.9 Å². The van der Waals surface area contributed by atoms with Crippen molar-refractivity contribution >= 4 is 33.7 Å². The van der Waals surface area contributed by atoms with Gasteiger partial charge in [-0.3, -0.25) is 14.4 Å². The van der Waals surface area contributed by atoms with Gasteiger partial charge >= 0.3 is 5.97 Å². The molecule has 24 heavy (non-hydrogen) atoms. The number of carbonyl (C=O) groups is 3. The van der Waals surface area contributed by atoms with E-state index in [-0.39, 0.29) is 37.4 Å². The second kappa shape index (κ2) is 8.82. The van der Waals surface area contributed by atoms with Crippen molar-refractivity contribution in [2.45, 2.75) is 32.2 Å². The summed E-state index contributed by atoms with van der Waals surface area (Å²) in [6.45, 7) is 1.83. The van der Waals surface area contributed by atoms with E-state index >= 15 is 0 Å². The molecule has 0 heterocycles. The van der Waals surface area contributed by atoms with Gasteiger partial charge in [-0.2, -0.15) is 0 Å². The molecule has 6 nitrogen and oxygen atoms in total. The van der Waals surface area contributed by atoms with Crippen molar-refractivity contribution in [2.75, 3.05) is 13.2 Å². The highest BCUT2D eigenvalue weighted by atomic mass is 79.9. The Hall–Kier alpha value is -1.89. The fraction of sp³-hybridized carbons (Fsp3) is 0.471. The van der Waals surface area contributed by atoms with Crippen molar-refractivity contribution in [1.29, 1.82) is 0 Å². The molecule has 0 radical (unpaired) electrons. The molecular formula is C17H21BrN2O4. The predicted molar refractivity (Wildman–Crippen MR) is 92.4 cm³/mol. The standard InChI is InChI=1S/C17H21BrN2O4/c1-11(12-2-3-12)20-15(21)10-24-16(22)8-9-19-17(23)13-4-6-14(18)7-5-13/h4-7,11-12H,2-3,8-10H2,1H3,(H,19,23)(H,20,21)/t11-/m1/s1. The first kappa shape index (κ1) is 18.4. The summed E-state index contributed by atoms with van der Waals surface area (Å²) in [5, 5.41) is 5.44. The highest BCUT2D eigenvalue weighted by Crippen LogP contribution is 2.32. The highest BCUT2D eigenvalue weighted by Gasteiger charge is 2.28. The summed E-state index contributed by atoms with van der Waals surface area (Å²) in [7, 11) is 0. The van der Waals surface area contributed by atoms with Crippen molar-refractivity contribution in [3.63, 3.8) is 0 Å². The van der Waals surface area contributed by atoms with Gasteiger partial charge < -0.3 is 15.4 Å². The minimum absolute atomic E-state index is 0.0216. The van der Waals surface area contributed by atoms with Gasteiger partial charge in [-0.05, 0) is 49.9 Å². The first-order valence-electron chi connectivity index (χ1n) is 7.94. The van der Waals surface area contributed by atoms with E-state index in [1.165, 1.54) is 0 Å². The minimum atomic E-state index is -0.514. The third-order valence-electron chi connectivity index (χ3n) is 3.80. The Morgan fingerprint density at radius 1 is 1.25 bits per heavy atom. The molecule has 1 fully saturated rings. The van der Waals surface area contributed by atoms with Gasteiger partial charge in [0.05, 0.1) is 6.42 Å². The average molecular weight is 397 g/mol. The fourth-order valence-electron chi connectivity index (χ4n) is 2.21. The molecule has 2 N–H and O–H groups in total. The van der Waals surface area contributed by atoms with E-state index < -0.39 is 5.97 Å². The topological polar surface area (TPSA) is 84.5 Å². The summed E-state index contributed by atoms with van der Waals surface area (Å²) in [4.78, 5) is 35.1. The smallest absolute Gasteiger partial charge is 0.308 e. The lowest BCUT2D eigenvalue weighted by Gasteiger charge is -2.12. The number of benzene rings is 1. The van der Waals surface area contributed by atoms with E-state index in [1.807, 2.05) is 6.92 Å². The van der Waals surface area contributed by atoms with Gasteiger partial charge in [-0.15, -0.1) is 0 Å². The monoisotopic (exact) mass is 396 g/mol. The molecule has 0 aromatic heterocycles. The Balaban J connectivity index is 1.59. The Bertz CT molecular complexity index is 599. The normalized spacial score (nSPS) is 14.6. The summed E-state index contributed by atoms with van der Waals surface area (Å²) >= 11 is 3.30. The number of rotatable bonds is 8. The fourth-order valence-corrected chi connectivity index (χ4v) is 2.47. The Morgan fingerprint density at radius 3 is 2.54 bits per heavy atom. The lowest BCUT2D eigenvalue weighted by atomic mass is 10.2. The van der Waals surface area contributed by atoms with E-state index in [0.717, 1.165) is 17.3 Å². The zero-order chi connectivity index (χ0) is 17.5. The first-order chi connectivity index (χ1) is 11.5. The molecule has 1 aliphatic carbocycles. The molecule has 2 rings (SSSR count). The third kappa shape index (κ3) is 6.31. The highest BCUT2D eigenvalue weighted by molar-refractivity contribution is 9.10. The average Bonchev–Trinajstić information content (AvgIpc) is 3.38. The van der Waals surface area contributed by atoms with Crippen molar-refractivity contribution < 1.29 is 19.1 Å². The molecule has 0 bridgehead atoms. The lowest BCUT2D eigenvalue weighted by Crippen LogP contribution is -2.37. The number of nitrogens with one attached hydrogen (secondary N) is 2. The second-order valence-electron chi connectivity index (χ2n) is 5.87. The van der Waals surface area contributed by atoms with Gasteiger partial charge in [0.2, 0.25) is 0 Å². The molecule has 130 valence electrons. The van der Waals surface area contributed by atoms with Crippen LogP contribution in [0.1, 0.15) is 36.5 Å². The molecule has 1 atom stereocenters. The predicted octanol–water partition coefficient (Wildman–Crippen LogP) is 2.03. The van der Waals surface area contributed by atoms with Gasteiger partial charge in [0.15, 0.2) is 6.61 Å². The van der Waals surface area contributed by atoms with Gasteiger partial charge in [0.1, 0.15) is 0 Å². The van der Waals surface area contributed by atoms with Gasteiger partial charge in [-0.25, -0.2) is 0 Å². The molecule has 0 saturated heterocycles. The molecule has 1 saturated carbocycles. The van der Waals surface area contributed by atoms with E-state index in [2.05, 4.69) is 26.6 Å². The zero-order valence-electron chi connectivity index (χ0n) is 13.5. The largest absolute Gasteiger partial charge is 0.456 e. The van der Waals surface area contributed by atoms with Crippen LogP contribution in [0.4, 0.5) is 0 Å². The summed E-state index contributed by atoms with van der Waals surface area (Å²) in [6, 6.07) is 7.03. The van der Waals surface area contributed by atoms with Crippen LogP contribution in [-0.4, -0.2) is 37.0 Å². The van der Waals surface area contributed by atoms with Crippen molar-refractivity contribution in [2.24, 2.45) is 5.92 Å². The zero-order valence-corrected chi connectivity index (χ0v) is 15.1. The number of esters is 1. The van der Waals surface area contributed by atoms with Crippen LogP contribution in [0.15, 0.2) is 28.7 Å². The number of carbonyl (C=O) groups excluding carboxylic acids is 3. The van der Waals surface area contributed by atoms with Gasteiger partial charge in [0, 0.05) is 22.6 Å². The van der Waals surface area contributed by atoms with Crippen LogP contribution in [0.25, 0.3) is 0 Å². The van der Waals surface area contributed by atoms with Gasteiger partial charge in [0.25, 0.3) is 11.8 Å². The lowest BCUT2D eigenvalue weighted by molar-refractivity contribution is -0.148. The molecule has 1 aliphatic rings. The van der Waals surface area contributed by atoms with Crippen LogP contribution >= 0.6 is 15.9 Å². The van der Waals surface area contributed by atoms with Crippen LogP contribution in [0.5, 0.6) is 0 Å². The maximum Gasteiger partial charge on any atom is 0.308 e. The molecular weight excluding hydrogens is 376 g/mol. The number of halogens is 1.